The Balaban J connectivity index is 1.92. The number of hydrogen-bond acceptors (Lipinski definition) is 5. The van der Waals surface area contributed by atoms with Crippen LogP contribution in [-0.2, 0) is 30.3 Å². The third-order valence-electron chi connectivity index (χ3n) is 3.69. The van der Waals surface area contributed by atoms with Crippen LogP contribution >= 0.6 is 0 Å². The maximum Gasteiger partial charge on any atom is 0.305 e. The van der Waals surface area contributed by atoms with Crippen molar-refractivity contribution in [2.45, 2.75) is 58.2 Å². The Morgan fingerprint density at radius 1 is 1.35 bits per heavy atom. The zero-order chi connectivity index (χ0) is 16.7. The van der Waals surface area contributed by atoms with Crippen molar-refractivity contribution >= 4 is 5.97 Å². The first-order valence-corrected chi connectivity index (χ1v) is 8.13. The van der Waals surface area contributed by atoms with Gasteiger partial charge in [-0.15, -0.1) is 0 Å². The molecule has 0 N–H and O–H groups in total. The molecule has 2 rings (SSSR count). The highest BCUT2D eigenvalue weighted by Gasteiger charge is 2.38. The van der Waals surface area contributed by atoms with Gasteiger partial charge >= 0.3 is 5.97 Å². The quantitative estimate of drug-likeness (QED) is 0.689. The molecule has 0 amide bonds. The van der Waals surface area contributed by atoms with Crippen LogP contribution in [0.2, 0.25) is 0 Å². The fraction of sp³-hybridized carbons (Fsp3) is 0.611. The zero-order valence-electron chi connectivity index (χ0n) is 14.1. The highest BCUT2D eigenvalue weighted by molar-refractivity contribution is 5.69. The first-order chi connectivity index (χ1) is 11.0. The smallest absolute Gasteiger partial charge is 0.305 e. The minimum Gasteiger partial charge on any atom is -0.466 e. The van der Waals surface area contributed by atoms with Crippen LogP contribution in [0, 0.1) is 0 Å². The molecule has 2 atom stereocenters. The second-order valence-corrected chi connectivity index (χ2v) is 6.05. The van der Waals surface area contributed by atoms with E-state index in [1.54, 1.807) is 6.92 Å². The number of rotatable bonds is 8. The summed E-state index contributed by atoms with van der Waals surface area (Å²) in [7, 11) is 0. The van der Waals surface area contributed by atoms with Crippen LogP contribution in [0.3, 0.4) is 0 Å². The van der Waals surface area contributed by atoms with E-state index >= 15 is 0 Å². The Morgan fingerprint density at radius 3 is 2.70 bits per heavy atom. The molecule has 0 spiro atoms. The molecule has 128 valence electrons. The molecule has 1 aromatic rings. The second-order valence-electron chi connectivity index (χ2n) is 6.05. The molecular weight excluding hydrogens is 296 g/mol. The molecule has 23 heavy (non-hydrogen) atoms. The van der Waals surface area contributed by atoms with Gasteiger partial charge in [0, 0.05) is 6.42 Å². The number of hydrogen-bond donors (Lipinski definition) is 0. The molecule has 0 bridgehead atoms. The van der Waals surface area contributed by atoms with Crippen LogP contribution in [-0.4, -0.2) is 37.2 Å². The summed E-state index contributed by atoms with van der Waals surface area (Å²) in [5.74, 6) is -0.817. The van der Waals surface area contributed by atoms with Crippen molar-refractivity contribution in [1.82, 2.24) is 0 Å². The summed E-state index contributed by atoms with van der Waals surface area (Å²) in [6.07, 6.45) is 0.480. The Labute approximate surface area is 137 Å². The SMILES string of the molecule is CCOC(=O)CC[C@@H](OCc1ccccc1)[C@H]1COC(C)(C)O1. The molecule has 0 unspecified atom stereocenters. The fourth-order valence-corrected chi connectivity index (χ4v) is 2.55. The third kappa shape index (κ3) is 5.94. The van der Waals surface area contributed by atoms with E-state index in [0.717, 1.165) is 5.56 Å². The van der Waals surface area contributed by atoms with E-state index in [1.807, 2.05) is 44.2 Å². The lowest BCUT2D eigenvalue weighted by molar-refractivity contribution is -0.160. The highest BCUT2D eigenvalue weighted by atomic mass is 16.7. The molecule has 1 aliphatic heterocycles. The molecule has 5 nitrogen and oxygen atoms in total. The van der Waals surface area contributed by atoms with Gasteiger partial charge in [0.25, 0.3) is 0 Å². The van der Waals surface area contributed by atoms with Gasteiger partial charge in [-0.25, -0.2) is 0 Å². The van der Waals surface area contributed by atoms with Crippen molar-refractivity contribution in [3.05, 3.63) is 35.9 Å². The summed E-state index contributed by atoms with van der Waals surface area (Å²) in [6.45, 7) is 6.91. The number of carbonyl (C=O) groups excluding carboxylic acids is 1. The van der Waals surface area contributed by atoms with Crippen molar-refractivity contribution in [3.63, 3.8) is 0 Å². The van der Waals surface area contributed by atoms with Crippen LogP contribution in [0.1, 0.15) is 39.2 Å². The molecule has 1 aliphatic rings. The first-order valence-electron chi connectivity index (χ1n) is 8.13. The highest BCUT2D eigenvalue weighted by Crippen LogP contribution is 2.27. The molecule has 5 heteroatoms. The minimum atomic E-state index is -0.608. The standard InChI is InChI=1S/C18H26O5/c1-4-20-17(19)11-10-15(16-13-22-18(2,3)23-16)21-12-14-8-6-5-7-9-14/h5-9,15-16H,4,10-13H2,1-3H3/t15-,16-/m1/s1. The maximum absolute atomic E-state index is 11.6. The van der Waals surface area contributed by atoms with Crippen LogP contribution in [0.15, 0.2) is 30.3 Å². The largest absolute Gasteiger partial charge is 0.466 e. The van der Waals surface area contributed by atoms with E-state index in [2.05, 4.69) is 0 Å². The molecule has 0 aromatic heterocycles. The number of esters is 1. The summed E-state index contributed by atoms with van der Waals surface area (Å²) < 4.78 is 22.5. The van der Waals surface area contributed by atoms with Crippen LogP contribution in [0.4, 0.5) is 0 Å². The summed E-state index contributed by atoms with van der Waals surface area (Å²) >= 11 is 0. The molecule has 1 heterocycles. The van der Waals surface area contributed by atoms with Gasteiger partial charge in [0.1, 0.15) is 6.10 Å². The Bertz CT molecular complexity index is 485. The average Bonchev–Trinajstić information content (AvgIpc) is 2.88. The van der Waals surface area contributed by atoms with Gasteiger partial charge in [0.2, 0.25) is 0 Å². The molecule has 0 aliphatic carbocycles. The van der Waals surface area contributed by atoms with Crippen molar-refractivity contribution in [1.29, 1.82) is 0 Å². The summed E-state index contributed by atoms with van der Waals surface area (Å²) in [6, 6.07) is 9.95. The van der Waals surface area contributed by atoms with Gasteiger partial charge in [0.15, 0.2) is 5.79 Å². The predicted octanol–water partition coefficient (Wildman–Crippen LogP) is 3.07. The monoisotopic (exact) mass is 322 g/mol. The summed E-state index contributed by atoms with van der Waals surface area (Å²) in [5.41, 5.74) is 1.09. The molecule has 1 fully saturated rings. The summed E-state index contributed by atoms with van der Waals surface area (Å²) in [5, 5.41) is 0. The van der Waals surface area contributed by atoms with Crippen molar-refractivity contribution < 1.29 is 23.7 Å². The summed E-state index contributed by atoms with van der Waals surface area (Å²) in [4.78, 5) is 11.6. The second kappa shape index (κ2) is 8.43. The third-order valence-corrected chi connectivity index (χ3v) is 3.69. The van der Waals surface area contributed by atoms with Gasteiger partial charge in [-0.2, -0.15) is 0 Å². The van der Waals surface area contributed by atoms with Gasteiger partial charge in [-0.3, -0.25) is 4.79 Å². The molecule has 1 aromatic carbocycles. The first kappa shape index (κ1) is 17.9. The van der Waals surface area contributed by atoms with Crippen LogP contribution in [0.5, 0.6) is 0 Å². The fourth-order valence-electron chi connectivity index (χ4n) is 2.55. The van der Waals surface area contributed by atoms with Gasteiger partial charge < -0.3 is 18.9 Å². The van der Waals surface area contributed by atoms with E-state index in [1.165, 1.54) is 0 Å². The van der Waals surface area contributed by atoms with E-state index in [4.69, 9.17) is 18.9 Å². The lowest BCUT2D eigenvalue weighted by Gasteiger charge is -2.24. The van der Waals surface area contributed by atoms with Gasteiger partial charge in [-0.1, -0.05) is 30.3 Å². The van der Waals surface area contributed by atoms with E-state index in [-0.39, 0.29) is 18.2 Å². The van der Waals surface area contributed by atoms with E-state index < -0.39 is 5.79 Å². The zero-order valence-corrected chi connectivity index (χ0v) is 14.1. The molecular formula is C18H26O5. The molecule has 1 saturated heterocycles. The molecule has 0 radical (unpaired) electrons. The Kier molecular flexibility index (Phi) is 6.57. The topological polar surface area (TPSA) is 54.0 Å². The van der Waals surface area contributed by atoms with Crippen molar-refractivity contribution in [2.75, 3.05) is 13.2 Å². The number of ether oxygens (including phenoxy) is 4. The predicted molar refractivity (Wildman–Crippen MR) is 85.8 cm³/mol. The van der Waals surface area contributed by atoms with E-state index in [9.17, 15) is 4.79 Å². The lowest BCUT2D eigenvalue weighted by Crippen LogP contribution is -2.33. The number of carbonyl (C=O) groups is 1. The van der Waals surface area contributed by atoms with Gasteiger partial charge in [-0.05, 0) is 32.8 Å². The molecule has 0 saturated carbocycles. The number of benzene rings is 1. The Morgan fingerprint density at radius 2 is 2.09 bits per heavy atom. The minimum absolute atomic E-state index is 0.178. The van der Waals surface area contributed by atoms with E-state index in [0.29, 0.717) is 32.7 Å². The van der Waals surface area contributed by atoms with Crippen molar-refractivity contribution in [2.24, 2.45) is 0 Å². The van der Waals surface area contributed by atoms with Crippen LogP contribution < -0.4 is 0 Å². The van der Waals surface area contributed by atoms with Crippen molar-refractivity contribution in [3.8, 4) is 0 Å². The Hall–Kier alpha value is -1.43. The maximum atomic E-state index is 11.6. The van der Waals surface area contributed by atoms with Crippen LogP contribution in [0.25, 0.3) is 0 Å². The average molecular weight is 322 g/mol. The lowest BCUT2D eigenvalue weighted by atomic mass is 10.1. The normalized spacial score (nSPS) is 21.1. The van der Waals surface area contributed by atoms with Gasteiger partial charge in [0.05, 0.1) is 25.9 Å².